The normalized spacial score (nSPS) is 10.2. The predicted molar refractivity (Wildman–Crippen MR) is 56.7 cm³/mol. The number of rotatable bonds is 2. The van der Waals surface area contributed by atoms with Crippen molar-refractivity contribution >= 4 is 5.57 Å². The molecule has 1 aromatic carbocycles. The Labute approximate surface area is 79.3 Å². The van der Waals surface area contributed by atoms with Gasteiger partial charge < -0.3 is 0 Å². The lowest BCUT2D eigenvalue weighted by Gasteiger charge is -1.97. The molecule has 0 N–H and O–H groups in total. The van der Waals surface area contributed by atoms with Crippen LogP contribution in [0.3, 0.4) is 0 Å². The van der Waals surface area contributed by atoms with E-state index in [1.807, 2.05) is 36.4 Å². The molecule has 0 nitrogen and oxygen atoms in total. The van der Waals surface area contributed by atoms with Crippen molar-refractivity contribution in [3.05, 3.63) is 42.0 Å². The molecule has 0 aliphatic carbocycles. The molecule has 0 spiro atoms. The molecule has 62 valence electrons. The maximum absolute atomic E-state index is 5.36. The van der Waals surface area contributed by atoms with Crippen molar-refractivity contribution in [1.82, 2.24) is 0 Å². The van der Waals surface area contributed by atoms with Crippen molar-refractivity contribution in [3.8, 4) is 24.7 Å². The second-order valence-electron chi connectivity index (χ2n) is 2.54. The molecular weight excluding hydrogens is 156 g/mol. The summed E-state index contributed by atoms with van der Waals surface area (Å²) in [6, 6.07) is 9.82. The van der Waals surface area contributed by atoms with E-state index in [1.54, 1.807) is 0 Å². The Morgan fingerprint density at radius 3 is 2.46 bits per heavy atom. The van der Waals surface area contributed by atoms with Gasteiger partial charge in [0.15, 0.2) is 0 Å². The van der Waals surface area contributed by atoms with Crippen LogP contribution in [0.25, 0.3) is 5.57 Å². The summed E-state index contributed by atoms with van der Waals surface area (Å²) in [5, 5.41) is 0. The summed E-state index contributed by atoms with van der Waals surface area (Å²) in [5.74, 6) is 5.15. The van der Waals surface area contributed by atoms with E-state index in [2.05, 4.69) is 11.8 Å². The number of hydrogen-bond donors (Lipinski definition) is 0. The van der Waals surface area contributed by atoms with Gasteiger partial charge in [-0.15, -0.1) is 18.8 Å². The monoisotopic (exact) mass is 166 g/mol. The number of allylic oxidation sites excluding steroid dienone is 2. The highest BCUT2D eigenvalue weighted by molar-refractivity contribution is 5.78. The standard InChI is InChI=1S/C13H10/c1-3-5-9-12(4-2)13-10-7-6-8-11-13/h1-2,6-11H,5H2. The molecule has 0 aromatic heterocycles. The van der Waals surface area contributed by atoms with Gasteiger partial charge in [-0.2, -0.15) is 0 Å². The van der Waals surface area contributed by atoms with Gasteiger partial charge in [0.1, 0.15) is 0 Å². The van der Waals surface area contributed by atoms with Crippen LogP contribution in [0, 0.1) is 24.7 Å². The van der Waals surface area contributed by atoms with E-state index in [4.69, 9.17) is 12.8 Å². The number of hydrogen-bond acceptors (Lipinski definition) is 0. The second kappa shape index (κ2) is 4.86. The Bertz CT molecular complexity index is 369. The van der Waals surface area contributed by atoms with Crippen molar-refractivity contribution in [2.24, 2.45) is 0 Å². The fourth-order valence-corrected chi connectivity index (χ4v) is 1.04. The Morgan fingerprint density at radius 1 is 1.23 bits per heavy atom. The van der Waals surface area contributed by atoms with Crippen molar-refractivity contribution in [1.29, 1.82) is 0 Å². The van der Waals surface area contributed by atoms with Crippen LogP contribution in [0.4, 0.5) is 0 Å². The first-order valence-corrected chi connectivity index (χ1v) is 4.04. The zero-order valence-electron chi connectivity index (χ0n) is 7.33. The summed E-state index contributed by atoms with van der Waals surface area (Å²) in [6.07, 6.45) is 13.0. The summed E-state index contributed by atoms with van der Waals surface area (Å²) in [6.45, 7) is 0. The van der Waals surface area contributed by atoms with Crippen molar-refractivity contribution in [2.45, 2.75) is 6.42 Å². The first-order chi connectivity index (χ1) is 6.38. The third kappa shape index (κ3) is 2.55. The average molecular weight is 166 g/mol. The first-order valence-electron chi connectivity index (χ1n) is 4.04. The highest BCUT2D eigenvalue weighted by Crippen LogP contribution is 2.12. The number of benzene rings is 1. The lowest BCUT2D eigenvalue weighted by Crippen LogP contribution is -1.79. The van der Waals surface area contributed by atoms with E-state index in [9.17, 15) is 0 Å². The molecule has 0 heteroatoms. The van der Waals surface area contributed by atoms with Gasteiger partial charge in [-0.25, -0.2) is 0 Å². The van der Waals surface area contributed by atoms with E-state index in [1.165, 1.54) is 0 Å². The van der Waals surface area contributed by atoms with E-state index in [0.29, 0.717) is 6.42 Å². The topological polar surface area (TPSA) is 0 Å². The van der Waals surface area contributed by atoms with Gasteiger partial charge in [0, 0.05) is 12.0 Å². The van der Waals surface area contributed by atoms with Crippen LogP contribution in [0.1, 0.15) is 12.0 Å². The molecule has 0 amide bonds. The lowest BCUT2D eigenvalue weighted by atomic mass is 10.1. The molecule has 0 atom stereocenters. The minimum Gasteiger partial charge on any atom is -0.120 e. The van der Waals surface area contributed by atoms with Crippen molar-refractivity contribution < 1.29 is 0 Å². The highest BCUT2D eigenvalue weighted by atomic mass is 14.0. The van der Waals surface area contributed by atoms with Gasteiger partial charge in [-0.05, 0) is 5.56 Å². The molecule has 0 unspecified atom stereocenters. The Morgan fingerprint density at radius 2 is 1.92 bits per heavy atom. The molecule has 1 aromatic rings. The second-order valence-corrected chi connectivity index (χ2v) is 2.54. The van der Waals surface area contributed by atoms with Gasteiger partial charge in [0.25, 0.3) is 0 Å². The Hall–Kier alpha value is -1.92. The first kappa shape index (κ1) is 9.17. The Kier molecular flexibility index (Phi) is 3.43. The average Bonchev–Trinajstić information content (AvgIpc) is 2.21. The molecule has 0 fully saturated rings. The summed E-state index contributed by atoms with van der Waals surface area (Å²) in [4.78, 5) is 0. The summed E-state index contributed by atoms with van der Waals surface area (Å²) in [5.41, 5.74) is 1.90. The van der Waals surface area contributed by atoms with Crippen LogP contribution >= 0.6 is 0 Å². The quantitative estimate of drug-likeness (QED) is 0.592. The summed E-state index contributed by atoms with van der Waals surface area (Å²) < 4.78 is 0. The van der Waals surface area contributed by atoms with Crippen LogP contribution in [0.2, 0.25) is 0 Å². The van der Waals surface area contributed by atoms with Gasteiger partial charge in [-0.3, -0.25) is 0 Å². The van der Waals surface area contributed by atoms with Gasteiger partial charge in [0.05, 0.1) is 0 Å². The molecule has 0 aliphatic heterocycles. The van der Waals surface area contributed by atoms with Gasteiger partial charge >= 0.3 is 0 Å². The van der Waals surface area contributed by atoms with Crippen LogP contribution < -0.4 is 0 Å². The minimum absolute atomic E-state index is 0.578. The van der Waals surface area contributed by atoms with Crippen LogP contribution in [-0.4, -0.2) is 0 Å². The predicted octanol–water partition coefficient (Wildman–Crippen LogP) is 2.73. The smallest absolute Gasteiger partial charge is 0.0284 e. The Balaban J connectivity index is 2.95. The SMILES string of the molecule is C#CCC=C(C#C)c1ccccc1. The fraction of sp³-hybridized carbons (Fsp3) is 0.0769. The van der Waals surface area contributed by atoms with Crippen molar-refractivity contribution in [3.63, 3.8) is 0 Å². The maximum atomic E-state index is 5.36. The fourth-order valence-electron chi connectivity index (χ4n) is 1.04. The zero-order valence-corrected chi connectivity index (χ0v) is 7.33. The lowest BCUT2D eigenvalue weighted by molar-refractivity contribution is 1.47. The van der Waals surface area contributed by atoms with Gasteiger partial charge in [0.2, 0.25) is 0 Å². The molecule has 1 rings (SSSR count). The summed E-state index contributed by atoms with van der Waals surface area (Å²) >= 11 is 0. The third-order valence-electron chi connectivity index (χ3n) is 1.66. The molecule has 0 aliphatic rings. The van der Waals surface area contributed by atoms with E-state index >= 15 is 0 Å². The molecular formula is C13H10. The van der Waals surface area contributed by atoms with E-state index in [0.717, 1.165) is 11.1 Å². The maximum Gasteiger partial charge on any atom is 0.0284 e. The zero-order chi connectivity index (χ0) is 9.52. The highest BCUT2D eigenvalue weighted by Gasteiger charge is 1.94. The largest absolute Gasteiger partial charge is 0.120 e. The van der Waals surface area contributed by atoms with Crippen LogP contribution in [0.15, 0.2) is 36.4 Å². The number of terminal acetylenes is 2. The van der Waals surface area contributed by atoms with Crippen LogP contribution in [-0.2, 0) is 0 Å². The van der Waals surface area contributed by atoms with E-state index in [-0.39, 0.29) is 0 Å². The summed E-state index contributed by atoms with van der Waals surface area (Å²) in [7, 11) is 0. The molecule has 0 saturated heterocycles. The minimum atomic E-state index is 0.578. The molecule has 0 heterocycles. The van der Waals surface area contributed by atoms with Crippen molar-refractivity contribution in [2.75, 3.05) is 0 Å². The molecule has 0 saturated carbocycles. The van der Waals surface area contributed by atoms with Crippen LogP contribution in [0.5, 0.6) is 0 Å². The molecule has 0 bridgehead atoms. The van der Waals surface area contributed by atoms with E-state index < -0.39 is 0 Å². The molecule has 13 heavy (non-hydrogen) atoms. The van der Waals surface area contributed by atoms with Gasteiger partial charge in [-0.1, -0.05) is 42.3 Å². The third-order valence-corrected chi connectivity index (χ3v) is 1.66. The molecule has 0 radical (unpaired) electrons.